The first kappa shape index (κ1) is 26.1. The van der Waals surface area contributed by atoms with E-state index in [1.54, 1.807) is 17.0 Å². The van der Waals surface area contributed by atoms with Crippen LogP contribution in [0.4, 0.5) is 4.39 Å². The van der Waals surface area contributed by atoms with E-state index in [0.717, 1.165) is 37.9 Å². The topological polar surface area (TPSA) is 59.1 Å². The molecule has 2 heterocycles. The third-order valence-corrected chi connectivity index (χ3v) is 7.11. The summed E-state index contributed by atoms with van der Waals surface area (Å²) in [5.74, 6) is 0.360. The Balaban J connectivity index is 1.54. The first-order valence-corrected chi connectivity index (χ1v) is 13.2. The number of morpholine rings is 1. The SMILES string of the molecule is CCCCN1CCOc2ccccc2CCCCC2(CN(C(=O)Cc3cccc(F)c3)CCO2)C1=O. The summed E-state index contributed by atoms with van der Waals surface area (Å²) >= 11 is 0. The van der Waals surface area contributed by atoms with E-state index in [1.165, 1.54) is 17.7 Å². The number of hydrogen-bond donors (Lipinski definition) is 0. The zero-order valence-corrected chi connectivity index (χ0v) is 21.2. The van der Waals surface area contributed by atoms with Crippen LogP contribution in [0, 0.1) is 5.82 Å². The largest absolute Gasteiger partial charge is 0.491 e. The molecule has 2 amide bonds. The van der Waals surface area contributed by atoms with E-state index in [-0.39, 0.29) is 30.6 Å². The standard InChI is InChI=1S/C29H37FN2O4/c1-2-3-15-31-16-18-35-26-13-5-4-10-24(26)11-6-7-14-29(28(31)34)22-32(17-19-36-29)27(33)21-23-9-8-12-25(30)20-23/h4-5,8-10,12-13,20H,2-3,6-7,11,14-19,21-22H2,1H3. The minimum atomic E-state index is -1.07. The molecule has 1 spiro atoms. The molecule has 0 N–H and O–H groups in total. The van der Waals surface area contributed by atoms with Gasteiger partial charge < -0.3 is 19.3 Å². The second-order valence-electron chi connectivity index (χ2n) is 9.77. The van der Waals surface area contributed by atoms with E-state index >= 15 is 0 Å². The minimum Gasteiger partial charge on any atom is -0.491 e. The molecular formula is C29H37FN2O4. The minimum absolute atomic E-state index is 0.0586. The van der Waals surface area contributed by atoms with Crippen molar-refractivity contribution in [3.05, 3.63) is 65.5 Å². The van der Waals surface area contributed by atoms with E-state index in [2.05, 4.69) is 13.0 Å². The van der Waals surface area contributed by atoms with E-state index < -0.39 is 5.60 Å². The number of fused-ring (bicyclic) bond motifs is 1. The Labute approximate surface area is 213 Å². The Morgan fingerprint density at radius 1 is 1.08 bits per heavy atom. The number of amides is 2. The lowest BCUT2D eigenvalue weighted by molar-refractivity contribution is -0.176. The van der Waals surface area contributed by atoms with Crippen molar-refractivity contribution in [2.75, 3.05) is 39.4 Å². The van der Waals surface area contributed by atoms with E-state index in [1.807, 2.05) is 23.1 Å². The molecule has 4 rings (SSSR count). The number of hydrogen-bond acceptors (Lipinski definition) is 4. The molecule has 194 valence electrons. The molecule has 6 nitrogen and oxygen atoms in total. The second kappa shape index (κ2) is 12.3. The van der Waals surface area contributed by atoms with E-state index in [0.29, 0.717) is 44.8 Å². The maximum atomic E-state index is 14.0. The summed E-state index contributed by atoms with van der Waals surface area (Å²) in [6.45, 7) is 4.56. The number of rotatable bonds is 5. The Hall–Kier alpha value is -2.93. The molecule has 0 aromatic heterocycles. The molecule has 7 heteroatoms. The van der Waals surface area contributed by atoms with Crippen molar-refractivity contribution in [2.24, 2.45) is 0 Å². The van der Waals surface area contributed by atoms with Gasteiger partial charge in [0, 0.05) is 13.1 Å². The predicted molar refractivity (Wildman–Crippen MR) is 136 cm³/mol. The van der Waals surface area contributed by atoms with Crippen molar-refractivity contribution < 1.29 is 23.5 Å². The fraction of sp³-hybridized carbons (Fsp3) is 0.517. The number of unbranched alkanes of at least 4 members (excludes halogenated alkanes) is 1. The van der Waals surface area contributed by atoms with Gasteiger partial charge in [-0.05, 0) is 61.4 Å². The normalized spacial score (nSPS) is 21.3. The van der Waals surface area contributed by atoms with Crippen LogP contribution in [0.5, 0.6) is 5.75 Å². The highest BCUT2D eigenvalue weighted by atomic mass is 19.1. The highest BCUT2D eigenvalue weighted by Crippen LogP contribution is 2.30. The fourth-order valence-electron chi connectivity index (χ4n) is 5.11. The van der Waals surface area contributed by atoms with Crippen molar-refractivity contribution in [3.63, 3.8) is 0 Å². The van der Waals surface area contributed by atoms with Gasteiger partial charge in [0.25, 0.3) is 5.91 Å². The molecule has 2 aromatic rings. The molecule has 1 saturated heterocycles. The van der Waals surface area contributed by atoms with E-state index in [9.17, 15) is 14.0 Å². The van der Waals surface area contributed by atoms with Crippen molar-refractivity contribution in [3.8, 4) is 5.75 Å². The van der Waals surface area contributed by atoms with Gasteiger partial charge in [-0.3, -0.25) is 9.59 Å². The van der Waals surface area contributed by atoms with Crippen LogP contribution in [0.25, 0.3) is 0 Å². The molecule has 2 aliphatic rings. The fourth-order valence-corrected chi connectivity index (χ4v) is 5.11. The molecule has 1 atom stereocenters. The Morgan fingerprint density at radius 3 is 2.78 bits per heavy atom. The third-order valence-electron chi connectivity index (χ3n) is 7.11. The first-order valence-electron chi connectivity index (χ1n) is 13.2. The van der Waals surface area contributed by atoms with E-state index in [4.69, 9.17) is 9.47 Å². The van der Waals surface area contributed by atoms with Crippen molar-refractivity contribution in [1.82, 2.24) is 9.80 Å². The summed E-state index contributed by atoms with van der Waals surface area (Å²) in [7, 11) is 0. The molecule has 2 aliphatic heterocycles. The maximum absolute atomic E-state index is 14.0. The van der Waals surface area contributed by atoms with Crippen LogP contribution in [0.2, 0.25) is 0 Å². The first-order chi connectivity index (χ1) is 17.5. The highest BCUT2D eigenvalue weighted by molar-refractivity contribution is 5.87. The van der Waals surface area contributed by atoms with Gasteiger partial charge in [0.05, 0.1) is 26.1 Å². The van der Waals surface area contributed by atoms with Gasteiger partial charge in [-0.25, -0.2) is 4.39 Å². The molecule has 1 fully saturated rings. The quantitative estimate of drug-likeness (QED) is 0.616. The van der Waals surface area contributed by atoms with Crippen molar-refractivity contribution in [2.45, 2.75) is 57.5 Å². The van der Waals surface area contributed by atoms with Crippen LogP contribution < -0.4 is 4.74 Å². The van der Waals surface area contributed by atoms with Crippen LogP contribution >= 0.6 is 0 Å². The van der Waals surface area contributed by atoms with Gasteiger partial charge >= 0.3 is 0 Å². The zero-order valence-electron chi connectivity index (χ0n) is 21.2. The Bertz CT molecular complexity index is 1050. The average molecular weight is 497 g/mol. The molecule has 0 radical (unpaired) electrons. The van der Waals surface area contributed by atoms with Gasteiger partial charge in [0.15, 0.2) is 5.60 Å². The number of halogens is 1. The average Bonchev–Trinajstić information content (AvgIpc) is 2.88. The number of para-hydroxylation sites is 1. The lowest BCUT2D eigenvalue weighted by Crippen LogP contribution is -2.62. The Morgan fingerprint density at radius 2 is 1.94 bits per heavy atom. The third kappa shape index (κ3) is 6.44. The highest BCUT2D eigenvalue weighted by Gasteiger charge is 2.46. The lowest BCUT2D eigenvalue weighted by atomic mass is 9.90. The number of ether oxygens (including phenoxy) is 2. The van der Waals surface area contributed by atoms with Gasteiger partial charge in [-0.15, -0.1) is 0 Å². The Kier molecular flexibility index (Phi) is 8.97. The lowest BCUT2D eigenvalue weighted by Gasteiger charge is -2.44. The summed E-state index contributed by atoms with van der Waals surface area (Å²) in [5, 5.41) is 0. The zero-order chi connectivity index (χ0) is 25.4. The molecular weight excluding hydrogens is 459 g/mol. The smallest absolute Gasteiger partial charge is 0.256 e. The van der Waals surface area contributed by atoms with Crippen LogP contribution in [0.15, 0.2) is 48.5 Å². The van der Waals surface area contributed by atoms with Crippen molar-refractivity contribution >= 4 is 11.8 Å². The summed E-state index contributed by atoms with van der Waals surface area (Å²) in [5.41, 5.74) is 0.739. The maximum Gasteiger partial charge on any atom is 0.256 e. The molecule has 0 saturated carbocycles. The molecule has 0 aliphatic carbocycles. The van der Waals surface area contributed by atoms with Crippen LogP contribution in [-0.2, 0) is 27.2 Å². The van der Waals surface area contributed by atoms with Crippen LogP contribution in [0.3, 0.4) is 0 Å². The van der Waals surface area contributed by atoms with Crippen LogP contribution in [-0.4, -0.2) is 66.6 Å². The molecule has 1 unspecified atom stereocenters. The number of carbonyl (C=O) groups excluding carboxylic acids is 2. The van der Waals surface area contributed by atoms with Gasteiger partial charge in [0.2, 0.25) is 5.91 Å². The molecule has 0 bridgehead atoms. The van der Waals surface area contributed by atoms with Crippen molar-refractivity contribution in [1.29, 1.82) is 0 Å². The monoisotopic (exact) mass is 496 g/mol. The summed E-state index contributed by atoms with van der Waals surface area (Å²) in [6.07, 6.45) is 5.08. The summed E-state index contributed by atoms with van der Waals surface area (Å²) in [4.78, 5) is 30.8. The molecule has 2 aromatic carbocycles. The number of benzene rings is 2. The van der Waals surface area contributed by atoms with Gasteiger partial charge in [0.1, 0.15) is 18.2 Å². The summed E-state index contributed by atoms with van der Waals surface area (Å²) < 4.78 is 26.0. The predicted octanol–water partition coefficient (Wildman–Crippen LogP) is 4.40. The van der Waals surface area contributed by atoms with Crippen LogP contribution in [0.1, 0.15) is 50.2 Å². The number of carbonyl (C=O) groups is 2. The summed E-state index contributed by atoms with van der Waals surface area (Å²) in [6, 6.07) is 14.2. The number of nitrogens with zero attached hydrogens (tertiary/aromatic N) is 2. The second-order valence-corrected chi connectivity index (χ2v) is 9.77. The molecule has 36 heavy (non-hydrogen) atoms. The number of aryl methyl sites for hydroxylation is 1. The van der Waals surface area contributed by atoms with Gasteiger partial charge in [-0.2, -0.15) is 0 Å². The van der Waals surface area contributed by atoms with Gasteiger partial charge in [-0.1, -0.05) is 43.7 Å².